The molecule has 0 spiro atoms. The fraction of sp³-hybridized carbons (Fsp3) is 0.250. The van der Waals surface area contributed by atoms with Gasteiger partial charge in [-0.2, -0.15) is 5.10 Å². The maximum Gasteiger partial charge on any atom is 0.144 e. The number of anilines is 1. The van der Waals surface area contributed by atoms with E-state index in [-0.39, 0.29) is 0 Å². The molecule has 1 aromatic heterocycles. The van der Waals surface area contributed by atoms with Crippen molar-refractivity contribution in [2.24, 2.45) is 0 Å². The topological polar surface area (TPSA) is 39.1 Å². The van der Waals surface area contributed by atoms with E-state index in [4.69, 9.17) is 21.4 Å². The van der Waals surface area contributed by atoms with Crippen molar-refractivity contribution in [3.8, 4) is 22.7 Å². The molecule has 1 aliphatic rings. The summed E-state index contributed by atoms with van der Waals surface area (Å²) in [5.41, 5.74) is 4.26. The van der Waals surface area contributed by atoms with Crippen molar-refractivity contribution in [3.05, 3.63) is 56.6 Å². The van der Waals surface area contributed by atoms with E-state index in [1.54, 1.807) is 7.11 Å². The zero-order chi connectivity index (χ0) is 18.1. The molecule has 2 aromatic carbocycles. The molecule has 26 heavy (non-hydrogen) atoms. The smallest absolute Gasteiger partial charge is 0.144 e. The van der Waals surface area contributed by atoms with Crippen LogP contribution in [0.1, 0.15) is 18.4 Å². The highest BCUT2D eigenvalue weighted by Gasteiger charge is 2.23. The van der Waals surface area contributed by atoms with Gasteiger partial charge in [0.25, 0.3) is 0 Å². The van der Waals surface area contributed by atoms with Crippen LogP contribution in [0, 0.1) is 3.57 Å². The highest BCUT2D eigenvalue weighted by molar-refractivity contribution is 14.1. The number of rotatable bonds is 3. The molecule has 4 nitrogen and oxygen atoms in total. The van der Waals surface area contributed by atoms with Crippen LogP contribution in [0.2, 0.25) is 5.02 Å². The molecule has 1 N–H and O–H groups in total. The molecule has 0 fully saturated rings. The van der Waals surface area contributed by atoms with E-state index in [0.29, 0.717) is 5.02 Å². The first-order chi connectivity index (χ1) is 12.7. The van der Waals surface area contributed by atoms with E-state index in [1.165, 1.54) is 9.13 Å². The number of benzene rings is 2. The Morgan fingerprint density at radius 3 is 2.88 bits per heavy atom. The lowest BCUT2D eigenvalue weighted by atomic mass is 10.0. The van der Waals surface area contributed by atoms with Gasteiger partial charge in [0, 0.05) is 26.3 Å². The summed E-state index contributed by atoms with van der Waals surface area (Å²) in [6.45, 7) is 0.938. The summed E-state index contributed by atoms with van der Waals surface area (Å²) in [7, 11) is 1.67. The number of halogens is 2. The molecule has 0 bridgehead atoms. The number of nitrogens with zero attached hydrogens (tertiary/aromatic N) is 2. The highest BCUT2D eigenvalue weighted by Crippen LogP contribution is 2.37. The standard InChI is InChI=1S/C20H19ClIN3O/c1-26-18-9-8-14(21)12-17(18)25-20-16(7-2-3-10-23-20)19(24-25)13-5-4-6-15(22)11-13/h4-6,8-9,11-12,23H,2-3,7,10H2,1H3. The van der Waals surface area contributed by atoms with Crippen molar-refractivity contribution in [2.75, 3.05) is 19.0 Å². The maximum absolute atomic E-state index is 6.27. The van der Waals surface area contributed by atoms with Crippen LogP contribution in [0.3, 0.4) is 0 Å². The van der Waals surface area contributed by atoms with Crippen molar-refractivity contribution in [2.45, 2.75) is 19.3 Å². The summed E-state index contributed by atoms with van der Waals surface area (Å²) in [5.74, 6) is 1.79. The Balaban J connectivity index is 1.95. The van der Waals surface area contributed by atoms with E-state index in [1.807, 2.05) is 22.9 Å². The third-order valence-electron chi connectivity index (χ3n) is 4.60. The largest absolute Gasteiger partial charge is 0.494 e. The molecule has 0 atom stereocenters. The van der Waals surface area contributed by atoms with Gasteiger partial charge in [0.2, 0.25) is 0 Å². The summed E-state index contributed by atoms with van der Waals surface area (Å²) >= 11 is 8.61. The number of methoxy groups -OCH3 is 1. The molecule has 3 aromatic rings. The average molecular weight is 480 g/mol. The minimum Gasteiger partial charge on any atom is -0.494 e. The van der Waals surface area contributed by atoms with Crippen LogP contribution in [0.15, 0.2) is 42.5 Å². The first-order valence-corrected chi connectivity index (χ1v) is 10.1. The van der Waals surface area contributed by atoms with Gasteiger partial charge >= 0.3 is 0 Å². The van der Waals surface area contributed by atoms with E-state index in [9.17, 15) is 0 Å². The Kier molecular flexibility index (Phi) is 5.09. The Morgan fingerprint density at radius 2 is 2.08 bits per heavy atom. The Bertz CT molecular complexity index is 954. The maximum atomic E-state index is 6.27. The third kappa shape index (κ3) is 3.30. The molecule has 6 heteroatoms. The first-order valence-electron chi connectivity index (χ1n) is 8.63. The number of hydrogen-bond acceptors (Lipinski definition) is 3. The Morgan fingerprint density at radius 1 is 1.19 bits per heavy atom. The molecule has 1 aliphatic heterocycles. The molecule has 4 rings (SSSR count). The van der Waals surface area contributed by atoms with Crippen LogP contribution in [-0.4, -0.2) is 23.4 Å². The third-order valence-corrected chi connectivity index (χ3v) is 5.50. The van der Waals surface area contributed by atoms with Gasteiger partial charge in [0.15, 0.2) is 0 Å². The minimum absolute atomic E-state index is 0.662. The second-order valence-corrected chi connectivity index (χ2v) is 7.98. The molecule has 2 heterocycles. The molecule has 0 aliphatic carbocycles. The molecule has 0 saturated heterocycles. The van der Waals surface area contributed by atoms with Crippen molar-refractivity contribution in [3.63, 3.8) is 0 Å². The molecular weight excluding hydrogens is 461 g/mol. The summed E-state index contributed by atoms with van der Waals surface area (Å²) in [6.07, 6.45) is 3.30. The lowest BCUT2D eigenvalue weighted by Gasteiger charge is -2.13. The van der Waals surface area contributed by atoms with Gasteiger partial charge in [0.05, 0.1) is 12.8 Å². The Hall–Kier alpha value is -1.73. The van der Waals surface area contributed by atoms with Crippen LogP contribution in [-0.2, 0) is 6.42 Å². The van der Waals surface area contributed by atoms with Crippen molar-refractivity contribution >= 4 is 40.0 Å². The molecule has 134 valence electrons. The van der Waals surface area contributed by atoms with Crippen molar-refractivity contribution in [1.82, 2.24) is 9.78 Å². The second-order valence-electron chi connectivity index (χ2n) is 6.30. The van der Waals surface area contributed by atoms with E-state index in [0.717, 1.165) is 54.3 Å². The molecule has 0 unspecified atom stereocenters. The fourth-order valence-electron chi connectivity index (χ4n) is 3.37. The first kappa shape index (κ1) is 17.7. The van der Waals surface area contributed by atoms with Gasteiger partial charge in [-0.1, -0.05) is 23.7 Å². The van der Waals surface area contributed by atoms with Crippen LogP contribution in [0.4, 0.5) is 5.82 Å². The predicted octanol–water partition coefficient (Wildman–Crippen LogP) is 5.55. The summed E-state index contributed by atoms with van der Waals surface area (Å²) < 4.78 is 8.71. The SMILES string of the molecule is COc1ccc(Cl)cc1-n1nc(-c2cccc(I)c2)c2c1NCCCC2. The summed E-state index contributed by atoms with van der Waals surface area (Å²) in [6, 6.07) is 14.1. The molecule has 0 saturated carbocycles. The fourth-order valence-corrected chi connectivity index (χ4v) is 4.08. The summed E-state index contributed by atoms with van der Waals surface area (Å²) in [4.78, 5) is 0. The number of nitrogens with one attached hydrogen (secondary N) is 1. The zero-order valence-electron chi connectivity index (χ0n) is 14.4. The van der Waals surface area contributed by atoms with E-state index >= 15 is 0 Å². The lowest BCUT2D eigenvalue weighted by Crippen LogP contribution is -2.08. The zero-order valence-corrected chi connectivity index (χ0v) is 17.3. The monoisotopic (exact) mass is 479 g/mol. The second kappa shape index (κ2) is 7.48. The highest BCUT2D eigenvalue weighted by atomic mass is 127. The lowest BCUT2D eigenvalue weighted by molar-refractivity contribution is 0.412. The van der Waals surface area contributed by atoms with Gasteiger partial charge in [-0.05, 0) is 72.2 Å². The van der Waals surface area contributed by atoms with Crippen molar-refractivity contribution < 1.29 is 4.74 Å². The van der Waals surface area contributed by atoms with Gasteiger partial charge in [-0.15, -0.1) is 0 Å². The van der Waals surface area contributed by atoms with E-state index in [2.05, 4.69) is 52.2 Å². The average Bonchev–Trinajstić information content (AvgIpc) is 2.82. The van der Waals surface area contributed by atoms with Crippen LogP contribution < -0.4 is 10.1 Å². The number of hydrogen-bond donors (Lipinski definition) is 1. The van der Waals surface area contributed by atoms with Gasteiger partial charge < -0.3 is 10.1 Å². The van der Waals surface area contributed by atoms with Crippen LogP contribution in [0.25, 0.3) is 16.9 Å². The predicted molar refractivity (Wildman–Crippen MR) is 115 cm³/mol. The quantitative estimate of drug-likeness (QED) is 0.500. The van der Waals surface area contributed by atoms with E-state index < -0.39 is 0 Å². The molecular formula is C20H19ClIN3O. The number of aromatic nitrogens is 2. The van der Waals surface area contributed by atoms with Crippen molar-refractivity contribution in [1.29, 1.82) is 0 Å². The van der Waals surface area contributed by atoms with Gasteiger partial charge in [0.1, 0.15) is 17.3 Å². The van der Waals surface area contributed by atoms with Gasteiger partial charge in [-0.25, -0.2) is 4.68 Å². The normalized spacial score (nSPS) is 13.7. The number of ether oxygens (including phenoxy) is 1. The molecule has 0 radical (unpaired) electrons. The van der Waals surface area contributed by atoms with Crippen LogP contribution in [0.5, 0.6) is 5.75 Å². The minimum atomic E-state index is 0.662. The summed E-state index contributed by atoms with van der Waals surface area (Å²) in [5, 5.41) is 9.21. The van der Waals surface area contributed by atoms with Gasteiger partial charge in [-0.3, -0.25) is 0 Å². The van der Waals surface area contributed by atoms with Crippen LogP contribution >= 0.6 is 34.2 Å². The Labute approximate surface area is 171 Å². The number of fused-ring (bicyclic) bond motifs is 1. The molecule has 0 amide bonds.